The van der Waals surface area contributed by atoms with Gasteiger partial charge in [-0.3, -0.25) is 5.10 Å². The van der Waals surface area contributed by atoms with E-state index in [-0.39, 0.29) is 0 Å². The first-order valence-electron chi connectivity index (χ1n) is 6.71. The van der Waals surface area contributed by atoms with E-state index >= 15 is 0 Å². The Kier molecular flexibility index (Phi) is 3.42. The molecule has 5 heteroatoms. The topological polar surface area (TPSA) is 67.6 Å². The highest BCUT2D eigenvalue weighted by atomic mass is 35.5. The minimum atomic E-state index is 0.520. The molecule has 0 bridgehead atoms. The van der Waals surface area contributed by atoms with Crippen molar-refractivity contribution >= 4 is 17.3 Å². The predicted molar refractivity (Wildman–Crippen MR) is 77.1 cm³/mol. The average Bonchev–Trinajstić information content (AvgIpc) is 2.88. The number of rotatable bonds is 2. The van der Waals surface area contributed by atoms with Gasteiger partial charge in [0, 0.05) is 22.2 Å². The van der Waals surface area contributed by atoms with Gasteiger partial charge < -0.3 is 5.73 Å². The van der Waals surface area contributed by atoms with Crippen molar-refractivity contribution in [3.05, 3.63) is 29.0 Å². The largest absolute Gasteiger partial charge is 0.399 e. The van der Waals surface area contributed by atoms with Crippen LogP contribution in [0.2, 0.25) is 5.02 Å². The molecule has 0 amide bonds. The third-order valence-corrected chi connectivity index (χ3v) is 3.89. The summed E-state index contributed by atoms with van der Waals surface area (Å²) in [6, 6.07) is 5.41. The summed E-state index contributed by atoms with van der Waals surface area (Å²) in [5, 5.41) is 7.97. The normalized spacial score (nSPS) is 16.7. The molecule has 2 aromatic rings. The van der Waals surface area contributed by atoms with Crippen LogP contribution in [0.4, 0.5) is 5.69 Å². The molecule has 1 heterocycles. The van der Waals surface area contributed by atoms with Crippen molar-refractivity contribution in [3.8, 4) is 11.4 Å². The van der Waals surface area contributed by atoms with E-state index in [1.165, 1.54) is 32.1 Å². The Hall–Kier alpha value is -1.55. The molecular weight excluding hydrogens is 260 g/mol. The minimum Gasteiger partial charge on any atom is -0.399 e. The number of hydrogen-bond donors (Lipinski definition) is 2. The molecular formula is C14H17ClN4. The van der Waals surface area contributed by atoms with E-state index in [1.54, 1.807) is 6.07 Å². The van der Waals surface area contributed by atoms with Crippen molar-refractivity contribution in [2.24, 2.45) is 0 Å². The zero-order valence-corrected chi connectivity index (χ0v) is 11.5. The van der Waals surface area contributed by atoms with Crippen LogP contribution in [0, 0.1) is 0 Å². The molecule has 0 atom stereocenters. The Labute approximate surface area is 117 Å². The first-order valence-corrected chi connectivity index (χ1v) is 7.09. The molecule has 1 fully saturated rings. The Morgan fingerprint density at radius 2 is 1.95 bits per heavy atom. The number of nitrogen functional groups attached to an aromatic ring is 1. The van der Waals surface area contributed by atoms with Gasteiger partial charge in [-0.1, -0.05) is 30.9 Å². The SMILES string of the molecule is Nc1cc(Cl)cc(-c2n[nH]c(C3CCCCC3)n2)c1. The Bertz CT molecular complexity index is 552. The van der Waals surface area contributed by atoms with E-state index in [0.717, 1.165) is 11.4 Å². The highest BCUT2D eigenvalue weighted by Gasteiger charge is 2.19. The second-order valence-electron chi connectivity index (χ2n) is 5.15. The number of aromatic amines is 1. The lowest BCUT2D eigenvalue weighted by Crippen LogP contribution is -2.06. The number of benzene rings is 1. The minimum absolute atomic E-state index is 0.520. The van der Waals surface area contributed by atoms with Crippen LogP contribution in [-0.2, 0) is 0 Å². The van der Waals surface area contributed by atoms with Crippen LogP contribution in [0.25, 0.3) is 11.4 Å². The fourth-order valence-electron chi connectivity index (χ4n) is 2.70. The number of hydrogen-bond acceptors (Lipinski definition) is 3. The molecule has 1 aromatic heterocycles. The molecule has 0 unspecified atom stereocenters. The number of nitrogens with zero attached hydrogens (tertiary/aromatic N) is 2. The van der Waals surface area contributed by atoms with Gasteiger partial charge in [0.05, 0.1) is 0 Å². The van der Waals surface area contributed by atoms with Gasteiger partial charge in [0.1, 0.15) is 5.82 Å². The lowest BCUT2D eigenvalue weighted by molar-refractivity contribution is 0.429. The van der Waals surface area contributed by atoms with Crippen LogP contribution >= 0.6 is 11.6 Å². The number of halogens is 1. The van der Waals surface area contributed by atoms with Gasteiger partial charge in [-0.25, -0.2) is 4.98 Å². The van der Waals surface area contributed by atoms with Crippen LogP contribution in [0.1, 0.15) is 43.8 Å². The summed E-state index contributed by atoms with van der Waals surface area (Å²) in [6.45, 7) is 0. The maximum atomic E-state index is 6.01. The van der Waals surface area contributed by atoms with Crippen LogP contribution in [0.3, 0.4) is 0 Å². The summed E-state index contributed by atoms with van der Waals surface area (Å²) in [5.74, 6) is 2.19. The molecule has 1 saturated carbocycles. The maximum absolute atomic E-state index is 6.01. The number of nitrogens with two attached hydrogens (primary N) is 1. The van der Waals surface area contributed by atoms with E-state index in [1.807, 2.05) is 12.1 Å². The van der Waals surface area contributed by atoms with Gasteiger partial charge >= 0.3 is 0 Å². The molecule has 1 aliphatic rings. The summed E-state index contributed by atoms with van der Waals surface area (Å²) >= 11 is 6.01. The van der Waals surface area contributed by atoms with E-state index in [9.17, 15) is 0 Å². The summed E-state index contributed by atoms with van der Waals surface area (Å²) in [4.78, 5) is 4.61. The predicted octanol–water partition coefficient (Wildman–Crippen LogP) is 3.76. The van der Waals surface area contributed by atoms with Gasteiger partial charge in [-0.05, 0) is 31.0 Å². The van der Waals surface area contributed by atoms with Crippen molar-refractivity contribution in [3.63, 3.8) is 0 Å². The first-order chi connectivity index (χ1) is 9.22. The lowest BCUT2D eigenvalue weighted by atomic mass is 9.89. The molecule has 0 radical (unpaired) electrons. The summed E-state index contributed by atoms with van der Waals surface area (Å²) < 4.78 is 0. The molecule has 19 heavy (non-hydrogen) atoms. The summed E-state index contributed by atoms with van der Waals surface area (Å²) in [6.07, 6.45) is 6.30. The lowest BCUT2D eigenvalue weighted by Gasteiger charge is -2.18. The maximum Gasteiger partial charge on any atom is 0.181 e. The molecule has 3 N–H and O–H groups in total. The van der Waals surface area contributed by atoms with Crippen LogP contribution in [0.5, 0.6) is 0 Å². The zero-order valence-electron chi connectivity index (χ0n) is 10.7. The van der Waals surface area contributed by atoms with Crippen molar-refractivity contribution in [2.75, 3.05) is 5.73 Å². The van der Waals surface area contributed by atoms with Crippen molar-refractivity contribution in [2.45, 2.75) is 38.0 Å². The van der Waals surface area contributed by atoms with Gasteiger partial charge in [0.25, 0.3) is 0 Å². The van der Waals surface area contributed by atoms with Crippen LogP contribution in [-0.4, -0.2) is 15.2 Å². The number of H-pyrrole nitrogens is 1. The second-order valence-corrected chi connectivity index (χ2v) is 5.59. The molecule has 3 rings (SSSR count). The van der Waals surface area contributed by atoms with Gasteiger partial charge in [-0.15, -0.1) is 0 Å². The molecule has 1 aliphatic carbocycles. The third kappa shape index (κ3) is 2.73. The van der Waals surface area contributed by atoms with Crippen molar-refractivity contribution < 1.29 is 0 Å². The van der Waals surface area contributed by atoms with E-state index in [2.05, 4.69) is 15.2 Å². The fourth-order valence-corrected chi connectivity index (χ4v) is 2.95. The Balaban J connectivity index is 1.87. The van der Waals surface area contributed by atoms with Gasteiger partial charge in [-0.2, -0.15) is 5.10 Å². The van der Waals surface area contributed by atoms with Crippen molar-refractivity contribution in [1.82, 2.24) is 15.2 Å². The Morgan fingerprint density at radius 1 is 1.16 bits per heavy atom. The molecule has 0 aliphatic heterocycles. The number of nitrogens with one attached hydrogen (secondary N) is 1. The smallest absolute Gasteiger partial charge is 0.181 e. The Morgan fingerprint density at radius 3 is 2.68 bits per heavy atom. The van der Waals surface area contributed by atoms with Gasteiger partial charge in [0.15, 0.2) is 5.82 Å². The number of anilines is 1. The fraction of sp³-hybridized carbons (Fsp3) is 0.429. The second kappa shape index (κ2) is 5.21. The van der Waals surface area contributed by atoms with E-state index in [0.29, 0.717) is 22.5 Å². The van der Waals surface area contributed by atoms with Gasteiger partial charge in [0.2, 0.25) is 0 Å². The first kappa shape index (κ1) is 12.5. The monoisotopic (exact) mass is 276 g/mol. The molecule has 4 nitrogen and oxygen atoms in total. The average molecular weight is 277 g/mol. The highest BCUT2D eigenvalue weighted by Crippen LogP contribution is 2.31. The highest BCUT2D eigenvalue weighted by molar-refractivity contribution is 6.31. The van der Waals surface area contributed by atoms with Crippen molar-refractivity contribution in [1.29, 1.82) is 0 Å². The summed E-state index contributed by atoms with van der Waals surface area (Å²) in [5.41, 5.74) is 7.29. The molecule has 100 valence electrons. The molecule has 0 spiro atoms. The number of aromatic nitrogens is 3. The molecule has 0 saturated heterocycles. The third-order valence-electron chi connectivity index (χ3n) is 3.67. The van der Waals surface area contributed by atoms with Crippen LogP contribution < -0.4 is 5.73 Å². The molecule has 1 aromatic carbocycles. The van der Waals surface area contributed by atoms with Crippen LogP contribution in [0.15, 0.2) is 18.2 Å². The van der Waals surface area contributed by atoms with E-state index in [4.69, 9.17) is 17.3 Å². The van der Waals surface area contributed by atoms with E-state index < -0.39 is 0 Å². The standard InChI is InChI=1S/C14H17ClN4/c15-11-6-10(7-12(16)8-11)14-17-13(18-19-14)9-4-2-1-3-5-9/h6-9H,1-5,16H2,(H,17,18,19). The zero-order chi connectivity index (χ0) is 13.2. The summed E-state index contributed by atoms with van der Waals surface area (Å²) in [7, 11) is 0. The quantitative estimate of drug-likeness (QED) is 0.821.